The topological polar surface area (TPSA) is 36.1 Å². The van der Waals surface area contributed by atoms with Crippen LogP contribution in [0.2, 0.25) is 0 Å². The first-order chi connectivity index (χ1) is 10.3. The molecule has 4 heteroatoms. The summed E-state index contributed by atoms with van der Waals surface area (Å²) in [6, 6.07) is 2.83. The van der Waals surface area contributed by atoms with Crippen molar-refractivity contribution in [1.29, 1.82) is 0 Å². The summed E-state index contributed by atoms with van der Waals surface area (Å²) >= 11 is 3.44. The molecule has 1 heterocycles. The van der Waals surface area contributed by atoms with E-state index in [0.717, 1.165) is 10.2 Å². The van der Waals surface area contributed by atoms with Gasteiger partial charge in [-0.15, -0.1) is 0 Å². The number of hydrogen-bond acceptors (Lipinski definition) is 1. The van der Waals surface area contributed by atoms with E-state index in [1.54, 1.807) is 0 Å². The Morgan fingerprint density at radius 1 is 1.00 bits per heavy atom. The van der Waals surface area contributed by atoms with E-state index >= 15 is 0 Å². The van der Waals surface area contributed by atoms with Crippen molar-refractivity contribution in [2.45, 2.75) is 76.3 Å². The molecule has 0 atom stereocenters. The Hall–Kier alpha value is -0.770. The highest BCUT2D eigenvalue weighted by Crippen LogP contribution is 2.31. The van der Waals surface area contributed by atoms with Crippen molar-refractivity contribution in [2.75, 3.05) is 0 Å². The molecule has 0 spiro atoms. The molecule has 1 N–H and O–H groups in total. The Morgan fingerprint density at radius 3 is 1.95 bits per heavy atom. The van der Waals surface area contributed by atoms with E-state index in [0.29, 0.717) is 12.1 Å². The number of hydrogen-bond donors (Lipinski definition) is 1. The van der Waals surface area contributed by atoms with Gasteiger partial charge in [-0.3, -0.25) is 4.79 Å². The zero-order valence-corrected chi connectivity index (χ0v) is 14.2. The molecule has 0 saturated heterocycles. The van der Waals surface area contributed by atoms with Gasteiger partial charge in [-0.25, -0.2) is 0 Å². The summed E-state index contributed by atoms with van der Waals surface area (Å²) in [6.45, 7) is 0. The lowest BCUT2D eigenvalue weighted by Gasteiger charge is -2.41. The van der Waals surface area contributed by atoms with Gasteiger partial charge in [0.25, 0.3) is 5.91 Å². The fourth-order valence-corrected chi connectivity index (χ4v) is 4.32. The van der Waals surface area contributed by atoms with Crippen LogP contribution in [0.3, 0.4) is 0 Å². The number of nitrogens with one attached hydrogen (secondary N) is 1. The van der Waals surface area contributed by atoms with Crippen molar-refractivity contribution in [3.05, 3.63) is 22.4 Å². The normalized spacial score (nSPS) is 21.4. The van der Waals surface area contributed by atoms with Gasteiger partial charge in [0.1, 0.15) is 5.69 Å². The maximum absolute atomic E-state index is 13.0. The quantitative estimate of drug-likeness (QED) is 0.826. The minimum absolute atomic E-state index is 0.208. The third-order valence-electron chi connectivity index (χ3n) is 5.05. The standard InChI is InChI=1S/C17H25BrN2O/c18-13-11-16(19-12-13)17(21)20(14-7-3-1-4-8-14)15-9-5-2-6-10-15/h11-12,14-15,19H,1-10H2. The minimum Gasteiger partial charge on any atom is -0.356 e. The summed E-state index contributed by atoms with van der Waals surface area (Å²) in [5, 5.41) is 0. The van der Waals surface area contributed by atoms with Crippen molar-refractivity contribution in [1.82, 2.24) is 9.88 Å². The smallest absolute Gasteiger partial charge is 0.270 e. The summed E-state index contributed by atoms with van der Waals surface area (Å²) in [6.07, 6.45) is 14.3. The predicted molar refractivity (Wildman–Crippen MR) is 88.4 cm³/mol. The lowest BCUT2D eigenvalue weighted by Crippen LogP contribution is -2.48. The Bertz CT molecular complexity index is 455. The molecule has 1 amide bonds. The second kappa shape index (κ2) is 6.99. The summed E-state index contributed by atoms with van der Waals surface area (Å²) in [5.41, 5.74) is 0.734. The van der Waals surface area contributed by atoms with E-state index in [1.807, 2.05) is 12.3 Å². The van der Waals surface area contributed by atoms with Gasteiger partial charge in [0.05, 0.1) is 0 Å². The first kappa shape index (κ1) is 15.1. The average Bonchev–Trinajstić information content (AvgIpc) is 2.96. The van der Waals surface area contributed by atoms with Crippen LogP contribution >= 0.6 is 15.9 Å². The van der Waals surface area contributed by atoms with Gasteiger partial charge >= 0.3 is 0 Å². The van der Waals surface area contributed by atoms with Gasteiger partial charge in [-0.2, -0.15) is 0 Å². The molecule has 116 valence electrons. The third-order valence-corrected chi connectivity index (χ3v) is 5.51. The number of aromatic amines is 1. The lowest BCUT2D eigenvalue weighted by molar-refractivity contribution is 0.0443. The SMILES string of the molecule is O=C(c1cc(Br)c[nH]1)N(C1CCCCC1)C1CCCCC1. The highest BCUT2D eigenvalue weighted by atomic mass is 79.9. The lowest BCUT2D eigenvalue weighted by atomic mass is 9.88. The first-order valence-corrected chi connectivity index (χ1v) is 9.21. The van der Waals surface area contributed by atoms with Crippen LogP contribution in [0.5, 0.6) is 0 Å². The molecule has 1 aromatic rings. The van der Waals surface area contributed by atoms with Crippen LogP contribution in [0.25, 0.3) is 0 Å². The molecule has 2 aliphatic rings. The van der Waals surface area contributed by atoms with Gasteiger partial charge in [-0.05, 0) is 47.7 Å². The molecule has 0 unspecified atom stereocenters. The van der Waals surface area contributed by atoms with Crippen LogP contribution in [-0.2, 0) is 0 Å². The number of carbonyl (C=O) groups is 1. The molecule has 2 fully saturated rings. The van der Waals surface area contributed by atoms with Gasteiger partial charge in [-0.1, -0.05) is 38.5 Å². The van der Waals surface area contributed by atoms with Crippen LogP contribution in [0, 0.1) is 0 Å². The number of H-pyrrole nitrogens is 1. The van der Waals surface area contributed by atoms with Crippen molar-refractivity contribution >= 4 is 21.8 Å². The maximum atomic E-state index is 13.0. The monoisotopic (exact) mass is 352 g/mol. The molecule has 0 aliphatic heterocycles. The fraction of sp³-hybridized carbons (Fsp3) is 0.706. The Balaban J connectivity index is 1.81. The molecule has 2 saturated carbocycles. The van der Waals surface area contributed by atoms with Crippen LogP contribution in [-0.4, -0.2) is 27.9 Å². The molecule has 3 nitrogen and oxygen atoms in total. The van der Waals surface area contributed by atoms with E-state index in [-0.39, 0.29) is 5.91 Å². The summed E-state index contributed by atoms with van der Waals surface area (Å²) in [5.74, 6) is 0.208. The van der Waals surface area contributed by atoms with E-state index in [1.165, 1.54) is 64.2 Å². The number of rotatable bonds is 3. The summed E-state index contributed by atoms with van der Waals surface area (Å²) in [4.78, 5) is 18.4. The zero-order valence-electron chi connectivity index (χ0n) is 12.6. The van der Waals surface area contributed by atoms with Crippen molar-refractivity contribution < 1.29 is 4.79 Å². The average molecular weight is 353 g/mol. The molecule has 3 rings (SSSR count). The van der Waals surface area contributed by atoms with Crippen LogP contribution in [0.4, 0.5) is 0 Å². The fourth-order valence-electron chi connectivity index (χ4n) is 3.98. The number of aromatic nitrogens is 1. The molecule has 0 radical (unpaired) electrons. The summed E-state index contributed by atoms with van der Waals surface area (Å²) < 4.78 is 0.957. The molecule has 2 aliphatic carbocycles. The molecular formula is C17H25BrN2O. The van der Waals surface area contributed by atoms with Gasteiger partial charge in [0, 0.05) is 22.8 Å². The molecule has 21 heavy (non-hydrogen) atoms. The van der Waals surface area contributed by atoms with Crippen molar-refractivity contribution in [3.8, 4) is 0 Å². The number of amides is 1. The molecule has 0 aromatic carbocycles. The zero-order chi connectivity index (χ0) is 14.7. The Morgan fingerprint density at radius 2 is 1.52 bits per heavy atom. The van der Waals surface area contributed by atoms with Gasteiger partial charge in [0.15, 0.2) is 0 Å². The Kier molecular flexibility index (Phi) is 5.04. The van der Waals surface area contributed by atoms with Gasteiger partial charge in [0.2, 0.25) is 0 Å². The second-order valence-electron chi connectivity index (χ2n) is 6.53. The van der Waals surface area contributed by atoms with Gasteiger partial charge < -0.3 is 9.88 Å². The largest absolute Gasteiger partial charge is 0.356 e. The third kappa shape index (κ3) is 3.53. The highest BCUT2D eigenvalue weighted by Gasteiger charge is 2.33. The van der Waals surface area contributed by atoms with Crippen LogP contribution in [0.15, 0.2) is 16.7 Å². The van der Waals surface area contributed by atoms with E-state index in [4.69, 9.17) is 0 Å². The van der Waals surface area contributed by atoms with Crippen molar-refractivity contribution in [3.63, 3.8) is 0 Å². The molecule has 1 aromatic heterocycles. The number of nitrogens with zero attached hydrogens (tertiary/aromatic N) is 1. The first-order valence-electron chi connectivity index (χ1n) is 8.42. The van der Waals surface area contributed by atoms with E-state index in [2.05, 4.69) is 25.8 Å². The second-order valence-corrected chi connectivity index (χ2v) is 7.44. The van der Waals surface area contributed by atoms with E-state index in [9.17, 15) is 4.79 Å². The van der Waals surface area contributed by atoms with Crippen LogP contribution in [0.1, 0.15) is 74.7 Å². The van der Waals surface area contributed by atoms with Crippen LogP contribution < -0.4 is 0 Å². The summed E-state index contributed by atoms with van der Waals surface area (Å²) in [7, 11) is 0. The van der Waals surface area contributed by atoms with Crippen molar-refractivity contribution in [2.24, 2.45) is 0 Å². The molecular weight excluding hydrogens is 328 g/mol. The Labute approximate surface area is 135 Å². The number of halogens is 1. The highest BCUT2D eigenvalue weighted by molar-refractivity contribution is 9.10. The molecule has 0 bridgehead atoms. The predicted octanol–water partition coefficient (Wildman–Crippen LogP) is 4.88. The maximum Gasteiger partial charge on any atom is 0.270 e. The minimum atomic E-state index is 0.208. The van der Waals surface area contributed by atoms with E-state index < -0.39 is 0 Å². The number of carbonyl (C=O) groups excluding carboxylic acids is 1.